The lowest BCUT2D eigenvalue weighted by Crippen LogP contribution is -2.16. The van der Waals surface area contributed by atoms with Gasteiger partial charge in [0.15, 0.2) is 5.82 Å². The number of benzene rings is 1. The van der Waals surface area contributed by atoms with E-state index in [0.717, 1.165) is 12.3 Å². The van der Waals surface area contributed by atoms with Crippen LogP contribution >= 0.6 is 0 Å². The number of pyridine rings is 1. The summed E-state index contributed by atoms with van der Waals surface area (Å²) in [4.78, 5) is 25.2. The summed E-state index contributed by atoms with van der Waals surface area (Å²) >= 11 is 0. The van der Waals surface area contributed by atoms with E-state index in [-0.39, 0.29) is 11.4 Å². The predicted octanol–water partition coefficient (Wildman–Crippen LogP) is 2.83. The lowest BCUT2D eigenvalue weighted by Gasteiger charge is -2.07. The number of nitrogens with one attached hydrogen (secondary N) is 1. The van der Waals surface area contributed by atoms with Crippen LogP contribution in [0.1, 0.15) is 15.9 Å². The maximum Gasteiger partial charge on any atom is 0.293 e. The van der Waals surface area contributed by atoms with Gasteiger partial charge in [-0.3, -0.25) is 14.9 Å². The Morgan fingerprint density at radius 2 is 2.05 bits per heavy atom. The molecule has 1 aromatic heterocycles. The van der Waals surface area contributed by atoms with Gasteiger partial charge in [-0.25, -0.2) is 9.37 Å². The van der Waals surface area contributed by atoms with Gasteiger partial charge in [-0.1, -0.05) is 6.07 Å². The molecule has 0 atom stereocenters. The molecule has 1 N–H and O–H groups in total. The molecule has 0 aliphatic carbocycles. The zero-order valence-corrected chi connectivity index (χ0v) is 10.8. The Morgan fingerprint density at radius 3 is 2.71 bits per heavy atom. The molecule has 0 radical (unpaired) electrons. The second-order valence-corrected chi connectivity index (χ2v) is 4.20. The van der Waals surface area contributed by atoms with E-state index in [9.17, 15) is 23.7 Å². The summed E-state index contributed by atoms with van der Waals surface area (Å²) in [5.41, 5.74) is -0.399. The predicted molar refractivity (Wildman–Crippen MR) is 69.9 cm³/mol. The van der Waals surface area contributed by atoms with Gasteiger partial charge in [-0.2, -0.15) is 4.39 Å². The second-order valence-electron chi connectivity index (χ2n) is 4.20. The van der Waals surface area contributed by atoms with Crippen molar-refractivity contribution in [3.8, 4) is 0 Å². The van der Waals surface area contributed by atoms with E-state index in [1.165, 1.54) is 12.1 Å². The normalized spacial score (nSPS) is 10.2. The molecule has 0 bridgehead atoms. The van der Waals surface area contributed by atoms with Gasteiger partial charge in [0.05, 0.1) is 10.5 Å². The first kappa shape index (κ1) is 14.5. The van der Waals surface area contributed by atoms with Crippen LogP contribution in [0.2, 0.25) is 0 Å². The molecule has 0 saturated carbocycles. The molecule has 0 fully saturated rings. The third-order valence-electron chi connectivity index (χ3n) is 2.69. The second kappa shape index (κ2) is 5.61. The van der Waals surface area contributed by atoms with Crippen LogP contribution in [-0.2, 0) is 0 Å². The molecule has 1 aromatic carbocycles. The van der Waals surface area contributed by atoms with Gasteiger partial charge in [0.1, 0.15) is 5.69 Å². The standard InChI is InChI=1S/C13H9F2N3O3/c1-7-2-3-9(10(6-7)18(20)21)17-13(19)8-4-5-16-12(15)11(8)14/h2-6H,1H3,(H,17,19). The highest BCUT2D eigenvalue weighted by molar-refractivity contribution is 6.05. The quantitative estimate of drug-likeness (QED) is 0.535. The Morgan fingerprint density at radius 1 is 1.33 bits per heavy atom. The SMILES string of the molecule is Cc1ccc(NC(=O)c2ccnc(F)c2F)c([N+](=O)[O-])c1. The Bertz CT molecular complexity index is 735. The number of amides is 1. The highest BCUT2D eigenvalue weighted by atomic mass is 19.2. The molecule has 2 rings (SSSR count). The minimum atomic E-state index is -1.42. The molecule has 6 nitrogen and oxygen atoms in total. The number of hydrogen-bond donors (Lipinski definition) is 1. The fourth-order valence-electron chi connectivity index (χ4n) is 1.68. The van der Waals surface area contributed by atoms with Crippen molar-refractivity contribution in [2.75, 3.05) is 5.32 Å². The molecule has 2 aromatic rings. The summed E-state index contributed by atoms with van der Waals surface area (Å²) < 4.78 is 26.4. The van der Waals surface area contributed by atoms with Crippen LogP contribution in [0.25, 0.3) is 0 Å². The van der Waals surface area contributed by atoms with Crippen molar-refractivity contribution in [1.29, 1.82) is 0 Å². The Balaban J connectivity index is 2.36. The number of nitrogens with zero attached hydrogens (tertiary/aromatic N) is 2. The van der Waals surface area contributed by atoms with Gasteiger partial charge in [0.25, 0.3) is 11.6 Å². The fraction of sp³-hybridized carbons (Fsp3) is 0.0769. The van der Waals surface area contributed by atoms with Gasteiger partial charge in [-0.15, -0.1) is 0 Å². The van der Waals surface area contributed by atoms with Crippen LogP contribution in [-0.4, -0.2) is 15.8 Å². The number of halogens is 2. The number of nitro groups is 1. The maximum atomic E-state index is 13.4. The van der Waals surface area contributed by atoms with Crippen molar-refractivity contribution in [2.45, 2.75) is 6.92 Å². The first-order chi connectivity index (χ1) is 9.90. The summed E-state index contributed by atoms with van der Waals surface area (Å²) in [6.45, 7) is 1.65. The maximum absolute atomic E-state index is 13.4. The summed E-state index contributed by atoms with van der Waals surface area (Å²) in [5, 5.41) is 13.1. The first-order valence-corrected chi connectivity index (χ1v) is 5.76. The highest BCUT2D eigenvalue weighted by Crippen LogP contribution is 2.26. The zero-order chi connectivity index (χ0) is 15.6. The van der Waals surface area contributed by atoms with Crippen molar-refractivity contribution in [1.82, 2.24) is 4.98 Å². The van der Waals surface area contributed by atoms with E-state index in [1.807, 2.05) is 0 Å². The van der Waals surface area contributed by atoms with E-state index in [0.29, 0.717) is 5.56 Å². The van der Waals surface area contributed by atoms with Crippen molar-refractivity contribution < 1.29 is 18.5 Å². The molecule has 108 valence electrons. The average Bonchev–Trinajstić information content (AvgIpc) is 2.43. The highest BCUT2D eigenvalue weighted by Gasteiger charge is 2.20. The largest absolute Gasteiger partial charge is 0.316 e. The van der Waals surface area contributed by atoms with Crippen LogP contribution < -0.4 is 5.32 Å². The van der Waals surface area contributed by atoms with Crippen molar-refractivity contribution >= 4 is 17.3 Å². The van der Waals surface area contributed by atoms with E-state index < -0.39 is 28.2 Å². The summed E-state index contributed by atoms with van der Waals surface area (Å²) in [5.74, 6) is -3.83. The molecule has 0 spiro atoms. The molecular formula is C13H9F2N3O3. The van der Waals surface area contributed by atoms with Crippen molar-refractivity contribution in [3.05, 3.63) is 63.5 Å². The number of rotatable bonds is 3. The number of hydrogen-bond acceptors (Lipinski definition) is 4. The topological polar surface area (TPSA) is 85.1 Å². The summed E-state index contributed by atoms with van der Waals surface area (Å²) in [6, 6.07) is 5.11. The zero-order valence-electron chi connectivity index (χ0n) is 10.8. The number of aryl methyl sites for hydroxylation is 1. The number of nitro benzene ring substituents is 1. The molecule has 0 aliphatic rings. The molecule has 0 saturated heterocycles. The molecule has 21 heavy (non-hydrogen) atoms. The Labute approximate surface area is 117 Å². The number of anilines is 1. The van der Waals surface area contributed by atoms with Crippen LogP contribution in [0, 0.1) is 28.8 Å². The fourth-order valence-corrected chi connectivity index (χ4v) is 1.68. The van der Waals surface area contributed by atoms with E-state index in [1.54, 1.807) is 13.0 Å². The number of carbonyl (C=O) groups excluding carboxylic acids is 1. The number of carbonyl (C=O) groups is 1. The van der Waals surface area contributed by atoms with Gasteiger partial charge in [-0.05, 0) is 24.6 Å². The van der Waals surface area contributed by atoms with Crippen LogP contribution in [0.4, 0.5) is 20.2 Å². The van der Waals surface area contributed by atoms with Crippen molar-refractivity contribution in [3.63, 3.8) is 0 Å². The third-order valence-corrected chi connectivity index (χ3v) is 2.69. The van der Waals surface area contributed by atoms with Crippen LogP contribution in [0.3, 0.4) is 0 Å². The molecule has 0 aliphatic heterocycles. The summed E-state index contributed by atoms with van der Waals surface area (Å²) in [7, 11) is 0. The lowest BCUT2D eigenvalue weighted by molar-refractivity contribution is -0.384. The monoisotopic (exact) mass is 293 g/mol. The molecule has 0 unspecified atom stereocenters. The van der Waals surface area contributed by atoms with Gasteiger partial charge < -0.3 is 5.32 Å². The van der Waals surface area contributed by atoms with Gasteiger partial charge in [0.2, 0.25) is 5.95 Å². The minimum Gasteiger partial charge on any atom is -0.316 e. The molecule has 1 heterocycles. The average molecular weight is 293 g/mol. The van der Waals surface area contributed by atoms with E-state index in [4.69, 9.17) is 0 Å². The minimum absolute atomic E-state index is 0.104. The summed E-state index contributed by atoms with van der Waals surface area (Å²) in [6.07, 6.45) is 0.927. The van der Waals surface area contributed by atoms with Crippen LogP contribution in [0.5, 0.6) is 0 Å². The van der Waals surface area contributed by atoms with Gasteiger partial charge in [0, 0.05) is 12.3 Å². The third kappa shape index (κ3) is 2.99. The lowest BCUT2D eigenvalue weighted by atomic mass is 10.1. The first-order valence-electron chi connectivity index (χ1n) is 5.76. The smallest absolute Gasteiger partial charge is 0.293 e. The van der Waals surface area contributed by atoms with Gasteiger partial charge >= 0.3 is 0 Å². The number of aromatic nitrogens is 1. The van der Waals surface area contributed by atoms with Crippen LogP contribution in [0.15, 0.2) is 30.5 Å². The van der Waals surface area contributed by atoms with Crippen molar-refractivity contribution in [2.24, 2.45) is 0 Å². The van der Waals surface area contributed by atoms with E-state index in [2.05, 4.69) is 10.3 Å². The Kier molecular flexibility index (Phi) is 3.88. The molecular weight excluding hydrogens is 284 g/mol. The Hall–Kier alpha value is -2.90. The van der Waals surface area contributed by atoms with E-state index >= 15 is 0 Å². The molecule has 8 heteroatoms. The molecule has 1 amide bonds.